The van der Waals surface area contributed by atoms with Crippen molar-refractivity contribution in [3.05, 3.63) is 45.6 Å². The van der Waals surface area contributed by atoms with E-state index in [-0.39, 0.29) is 12.1 Å². The summed E-state index contributed by atoms with van der Waals surface area (Å²) in [5.41, 5.74) is 7.58. The SMILES string of the molecule is Cc1cc(N2CCO[C@H](c3ccc(Cl)c(Cl)c3)C2)nc(N)n1. The van der Waals surface area contributed by atoms with E-state index in [1.54, 1.807) is 6.07 Å². The third kappa shape index (κ3) is 3.27. The molecule has 2 N–H and O–H groups in total. The standard InChI is InChI=1S/C15H16Cl2N4O/c1-9-6-14(20-15(18)19-9)21-4-5-22-13(8-21)10-2-3-11(16)12(17)7-10/h2-3,6-7,13H,4-5,8H2,1H3,(H2,18,19,20)/t13-/m0/s1. The molecule has 2 heterocycles. The van der Waals surface area contributed by atoms with Crippen molar-refractivity contribution >= 4 is 35.0 Å². The second kappa shape index (κ2) is 6.28. The second-order valence-electron chi connectivity index (χ2n) is 5.20. The molecular weight excluding hydrogens is 323 g/mol. The molecular formula is C15H16Cl2N4O. The van der Waals surface area contributed by atoms with Crippen LogP contribution in [0.3, 0.4) is 0 Å². The molecule has 22 heavy (non-hydrogen) atoms. The largest absolute Gasteiger partial charge is 0.370 e. The molecule has 0 aliphatic carbocycles. The first kappa shape index (κ1) is 15.3. The highest BCUT2D eigenvalue weighted by atomic mass is 35.5. The number of benzene rings is 1. The first-order chi connectivity index (χ1) is 10.5. The summed E-state index contributed by atoms with van der Waals surface area (Å²) in [7, 11) is 0. The van der Waals surface area contributed by atoms with Crippen molar-refractivity contribution in [2.75, 3.05) is 30.3 Å². The predicted octanol–water partition coefficient (Wildman–Crippen LogP) is 3.25. The molecule has 1 aliphatic rings. The average Bonchev–Trinajstić information content (AvgIpc) is 2.49. The van der Waals surface area contributed by atoms with Crippen LogP contribution in [0, 0.1) is 6.92 Å². The topological polar surface area (TPSA) is 64.3 Å². The normalized spacial score (nSPS) is 18.5. The number of nitrogens with zero attached hydrogens (tertiary/aromatic N) is 3. The molecule has 0 amide bonds. The van der Waals surface area contributed by atoms with Crippen molar-refractivity contribution in [1.29, 1.82) is 0 Å². The van der Waals surface area contributed by atoms with Gasteiger partial charge in [0.2, 0.25) is 5.95 Å². The molecule has 0 bridgehead atoms. The van der Waals surface area contributed by atoms with Crippen LogP contribution in [0.4, 0.5) is 11.8 Å². The highest BCUT2D eigenvalue weighted by Gasteiger charge is 2.24. The van der Waals surface area contributed by atoms with E-state index in [0.717, 1.165) is 23.6 Å². The Hall–Kier alpha value is -1.56. The zero-order valence-corrected chi connectivity index (χ0v) is 13.6. The van der Waals surface area contributed by atoms with Crippen molar-refractivity contribution < 1.29 is 4.74 Å². The van der Waals surface area contributed by atoms with Gasteiger partial charge in [-0.1, -0.05) is 29.3 Å². The van der Waals surface area contributed by atoms with E-state index >= 15 is 0 Å². The van der Waals surface area contributed by atoms with Gasteiger partial charge in [0.05, 0.1) is 16.7 Å². The fourth-order valence-electron chi connectivity index (χ4n) is 2.51. The van der Waals surface area contributed by atoms with Crippen LogP contribution < -0.4 is 10.6 Å². The maximum absolute atomic E-state index is 6.09. The summed E-state index contributed by atoms with van der Waals surface area (Å²) in [6.45, 7) is 3.94. The molecule has 0 radical (unpaired) electrons. The number of hydrogen-bond donors (Lipinski definition) is 1. The van der Waals surface area contributed by atoms with Crippen LogP contribution in [0.15, 0.2) is 24.3 Å². The fraction of sp³-hybridized carbons (Fsp3) is 0.333. The van der Waals surface area contributed by atoms with Crippen molar-refractivity contribution in [2.45, 2.75) is 13.0 Å². The minimum Gasteiger partial charge on any atom is -0.370 e. The van der Waals surface area contributed by atoms with E-state index < -0.39 is 0 Å². The van der Waals surface area contributed by atoms with Gasteiger partial charge >= 0.3 is 0 Å². The Morgan fingerprint density at radius 1 is 1.23 bits per heavy atom. The predicted molar refractivity (Wildman–Crippen MR) is 88.5 cm³/mol. The molecule has 1 saturated heterocycles. The third-order valence-corrected chi connectivity index (χ3v) is 4.30. The van der Waals surface area contributed by atoms with Gasteiger partial charge in [-0.05, 0) is 24.6 Å². The molecule has 0 unspecified atom stereocenters. The van der Waals surface area contributed by atoms with Crippen molar-refractivity contribution in [3.8, 4) is 0 Å². The van der Waals surface area contributed by atoms with Gasteiger partial charge in [-0.15, -0.1) is 0 Å². The summed E-state index contributed by atoms with van der Waals surface area (Å²) in [5, 5.41) is 1.07. The van der Waals surface area contributed by atoms with Gasteiger partial charge in [0, 0.05) is 24.8 Å². The average molecular weight is 339 g/mol. The number of nitrogen functional groups attached to an aromatic ring is 1. The van der Waals surface area contributed by atoms with Crippen LogP contribution in [0.5, 0.6) is 0 Å². The molecule has 1 aliphatic heterocycles. The first-order valence-electron chi connectivity index (χ1n) is 6.95. The molecule has 0 saturated carbocycles. The zero-order chi connectivity index (χ0) is 15.7. The number of anilines is 2. The lowest BCUT2D eigenvalue weighted by Gasteiger charge is -2.34. The molecule has 3 rings (SSSR count). The van der Waals surface area contributed by atoms with Gasteiger partial charge in [-0.3, -0.25) is 0 Å². The maximum atomic E-state index is 6.09. The maximum Gasteiger partial charge on any atom is 0.222 e. The summed E-state index contributed by atoms with van der Waals surface area (Å²) >= 11 is 12.1. The Morgan fingerprint density at radius 2 is 2.05 bits per heavy atom. The molecule has 1 atom stereocenters. The Balaban J connectivity index is 1.83. The molecule has 2 aromatic rings. The minimum atomic E-state index is -0.0833. The van der Waals surface area contributed by atoms with Gasteiger partial charge in [0.25, 0.3) is 0 Å². The fourth-order valence-corrected chi connectivity index (χ4v) is 2.81. The quantitative estimate of drug-likeness (QED) is 0.910. The Kier molecular flexibility index (Phi) is 4.38. The van der Waals surface area contributed by atoms with Crippen molar-refractivity contribution in [3.63, 3.8) is 0 Å². The van der Waals surface area contributed by atoms with Crippen LogP contribution in [0.1, 0.15) is 17.4 Å². The number of aromatic nitrogens is 2. The highest BCUT2D eigenvalue weighted by molar-refractivity contribution is 6.42. The second-order valence-corrected chi connectivity index (χ2v) is 6.02. The summed E-state index contributed by atoms with van der Waals surface area (Å²) in [6, 6.07) is 7.49. The van der Waals surface area contributed by atoms with Crippen molar-refractivity contribution in [1.82, 2.24) is 9.97 Å². The lowest BCUT2D eigenvalue weighted by atomic mass is 10.1. The summed E-state index contributed by atoms with van der Waals surface area (Å²) in [4.78, 5) is 10.6. The van der Waals surface area contributed by atoms with Crippen molar-refractivity contribution in [2.24, 2.45) is 0 Å². The molecule has 1 fully saturated rings. The number of nitrogens with two attached hydrogens (primary N) is 1. The summed E-state index contributed by atoms with van der Waals surface area (Å²) in [6.07, 6.45) is -0.0833. The third-order valence-electron chi connectivity index (χ3n) is 3.56. The number of rotatable bonds is 2. The zero-order valence-electron chi connectivity index (χ0n) is 12.1. The Labute approximate surface area is 139 Å². The van der Waals surface area contributed by atoms with Gasteiger partial charge in [-0.2, -0.15) is 4.98 Å². The monoisotopic (exact) mass is 338 g/mol. The van der Waals surface area contributed by atoms with E-state index in [2.05, 4.69) is 14.9 Å². The number of halogens is 2. The smallest absolute Gasteiger partial charge is 0.222 e. The number of morpholine rings is 1. The molecule has 5 nitrogen and oxygen atoms in total. The molecule has 116 valence electrons. The van der Waals surface area contributed by atoms with E-state index in [4.69, 9.17) is 33.7 Å². The van der Waals surface area contributed by atoms with Gasteiger partial charge in [-0.25, -0.2) is 4.98 Å². The number of aryl methyl sites for hydroxylation is 1. The molecule has 1 aromatic heterocycles. The first-order valence-corrected chi connectivity index (χ1v) is 7.71. The van der Waals surface area contributed by atoms with Gasteiger partial charge in [0.1, 0.15) is 11.9 Å². The Bertz CT molecular complexity index is 675. The van der Waals surface area contributed by atoms with Crippen LogP contribution in [0.25, 0.3) is 0 Å². The molecule has 1 aromatic carbocycles. The van der Waals surface area contributed by atoms with Gasteiger partial charge in [0.15, 0.2) is 0 Å². The van der Waals surface area contributed by atoms with Gasteiger partial charge < -0.3 is 15.4 Å². The van der Waals surface area contributed by atoms with Crippen LogP contribution in [0.2, 0.25) is 10.0 Å². The minimum absolute atomic E-state index is 0.0833. The number of hydrogen-bond acceptors (Lipinski definition) is 5. The van der Waals surface area contributed by atoms with Crippen LogP contribution in [-0.2, 0) is 4.74 Å². The lowest BCUT2D eigenvalue weighted by molar-refractivity contribution is 0.0395. The van der Waals surface area contributed by atoms with E-state index in [1.807, 2.05) is 25.1 Å². The van der Waals surface area contributed by atoms with E-state index in [1.165, 1.54) is 0 Å². The summed E-state index contributed by atoms with van der Waals surface area (Å²) < 4.78 is 5.85. The van der Waals surface area contributed by atoms with E-state index in [9.17, 15) is 0 Å². The number of ether oxygens (including phenoxy) is 1. The lowest BCUT2D eigenvalue weighted by Crippen LogP contribution is -2.39. The summed E-state index contributed by atoms with van der Waals surface area (Å²) in [5.74, 6) is 1.10. The molecule has 0 spiro atoms. The van der Waals surface area contributed by atoms with Crippen LogP contribution in [-0.4, -0.2) is 29.7 Å². The van der Waals surface area contributed by atoms with Crippen LogP contribution >= 0.6 is 23.2 Å². The van der Waals surface area contributed by atoms with E-state index in [0.29, 0.717) is 23.2 Å². The molecule has 7 heteroatoms. The highest BCUT2D eigenvalue weighted by Crippen LogP contribution is 2.30. The Morgan fingerprint density at radius 3 is 2.77 bits per heavy atom.